The zero-order valence-electron chi connectivity index (χ0n) is 16.0. The van der Waals surface area contributed by atoms with Crippen LogP contribution in [0, 0.1) is 6.92 Å². The maximum absolute atomic E-state index is 12.9. The smallest absolute Gasteiger partial charge is 0.266 e. The number of hydrogen-bond donors (Lipinski definition) is 0. The van der Waals surface area contributed by atoms with Crippen molar-refractivity contribution in [2.45, 2.75) is 6.92 Å². The molecule has 1 aromatic heterocycles. The van der Waals surface area contributed by atoms with Gasteiger partial charge in [-0.1, -0.05) is 29.0 Å². The van der Waals surface area contributed by atoms with Crippen LogP contribution in [-0.2, 0) is 4.79 Å². The fraction of sp³-hybridized carbons (Fsp3) is 0.300. The first-order chi connectivity index (χ1) is 12.9. The summed E-state index contributed by atoms with van der Waals surface area (Å²) in [5.74, 6) is 0.489. The number of fused-ring (bicyclic) bond motifs is 1. The van der Waals surface area contributed by atoms with Crippen LogP contribution in [0.2, 0.25) is 5.02 Å². The molecule has 3 aromatic rings. The lowest BCUT2D eigenvalue weighted by Gasteiger charge is -2.22. The van der Waals surface area contributed by atoms with Crippen molar-refractivity contribution in [2.75, 3.05) is 38.7 Å². The summed E-state index contributed by atoms with van der Waals surface area (Å²) in [6.07, 6.45) is 0. The summed E-state index contributed by atoms with van der Waals surface area (Å²) in [7, 11) is 3.96. The molecule has 0 radical (unpaired) electrons. The number of thiazole rings is 1. The molecule has 0 aliphatic rings. The summed E-state index contributed by atoms with van der Waals surface area (Å²) in [5, 5.41) is 1.33. The Morgan fingerprint density at radius 1 is 1.14 bits per heavy atom. The number of carbonyl (C=O) groups excluding carboxylic acids is 1. The molecule has 1 heterocycles. The van der Waals surface area contributed by atoms with Gasteiger partial charge < -0.3 is 9.64 Å². The van der Waals surface area contributed by atoms with E-state index in [0.29, 0.717) is 22.4 Å². The number of anilines is 1. The molecule has 0 bridgehead atoms. The van der Waals surface area contributed by atoms with Crippen LogP contribution in [0.4, 0.5) is 5.13 Å². The molecule has 28 heavy (non-hydrogen) atoms. The molecule has 150 valence electrons. The van der Waals surface area contributed by atoms with Gasteiger partial charge in [0.05, 0.1) is 10.2 Å². The van der Waals surface area contributed by atoms with Crippen LogP contribution in [0.1, 0.15) is 5.56 Å². The van der Waals surface area contributed by atoms with Gasteiger partial charge in [0.25, 0.3) is 5.91 Å². The number of nitrogens with zero attached hydrogens (tertiary/aromatic N) is 3. The topological polar surface area (TPSA) is 45.7 Å². The first kappa shape index (κ1) is 22.4. The van der Waals surface area contributed by atoms with E-state index >= 15 is 0 Å². The SMILES string of the molecule is Cc1ccc2nc(N(CCN(C)C)C(=O)COc3ccc(Cl)cc3)sc2c1.Cl. The van der Waals surface area contributed by atoms with E-state index in [2.05, 4.69) is 11.1 Å². The zero-order chi connectivity index (χ0) is 19.4. The summed E-state index contributed by atoms with van der Waals surface area (Å²) in [6, 6.07) is 13.1. The van der Waals surface area contributed by atoms with Gasteiger partial charge in [0.15, 0.2) is 11.7 Å². The van der Waals surface area contributed by atoms with Crippen molar-refractivity contribution in [3.8, 4) is 5.75 Å². The van der Waals surface area contributed by atoms with Gasteiger partial charge in [-0.2, -0.15) is 0 Å². The van der Waals surface area contributed by atoms with Crippen molar-refractivity contribution in [3.63, 3.8) is 0 Å². The molecule has 0 saturated carbocycles. The quantitative estimate of drug-likeness (QED) is 0.537. The monoisotopic (exact) mass is 439 g/mol. The molecular weight excluding hydrogens is 417 g/mol. The van der Waals surface area contributed by atoms with E-state index < -0.39 is 0 Å². The third kappa shape index (κ3) is 5.82. The van der Waals surface area contributed by atoms with E-state index in [1.807, 2.05) is 38.1 Å². The van der Waals surface area contributed by atoms with Crippen LogP contribution in [0.25, 0.3) is 10.2 Å². The van der Waals surface area contributed by atoms with Crippen LogP contribution >= 0.6 is 35.3 Å². The van der Waals surface area contributed by atoms with Crippen molar-refractivity contribution in [3.05, 3.63) is 53.1 Å². The normalized spacial score (nSPS) is 10.8. The van der Waals surface area contributed by atoms with Gasteiger partial charge in [0.1, 0.15) is 5.75 Å². The van der Waals surface area contributed by atoms with Crippen LogP contribution in [-0.4, -0.2) is 49.6 Å². The highest BCUT2D eigenvalue weighted by Crippen LogP contribution is 2.29. The molecule has 1 amide bonds. The van der Waals surface area contributed by atoms with Gasteiger partial charge >= 0.3 is 0 Å². The molecule has 5 nitrogen and oxygen atoms in total. The van der Waals surface area contributed by atoms with Gasteiger partial charge in [-0.05, 0) is 63.0 Å². The Bertz CT molecular complexity index is 929. The Kier molecular flexibility index (Phi) is 8.07. The van der Waals surface area contributed by atoms with Crippen molar-refractivity contribution >= 4 is 56.6 Å². The third-order valence-corrected chi connectivity index (χ3v) is 5.30. The van der Waals surface area contributed by atoms with Crippen LogP contribution in [0.3, 0.4) is 0 Å². The van der Waals surface area contributed by atoms with Crippen molar-refractivity contribution in [2.24, 2.45) is 0 Å². The van der Waals surface area contributed by atoms with Gasteiger partial charge in [-0.15, -0.1) is 12.4 Å². The molecule has 0 saturated heterocycles. The Hall–Kier alpha value is -1.86. The first-order valence-corrected chi connectivity index (χ1v) is 9.82. The molecule has 8 heteroatoms. The number of amides is 1. The highest BCUT2D eigenvalue weighted by Gasteiger charge is 2.20. The molecule has 0 N–H and O–H groups in total. The second-order valence-corrected chi connectivity index (χ2v) is 8.00. The molecule has 0 unspecified atom stereocenters. The molecule has 0 aliphatic heterocycles. The van der Waals surface area contributed by atoms with Gasteiger partial charge in [-0.3, -0.25) is 9.69 Å². The minimum absolute atomic E-state index is 0. The standard InChI is InChI=1S/C20H22ClN3O2S.ClH/c1-14-4-9-17-18(12-14)27-20(22-17)24(11-10-23(2)3)19(25)13-26-16-7-5-15(21)6-8-16;/h4-9,12H,10-11,13H2,1-3H3;1H. The first-order valence-electron chi connectivity index (χ1n) is 8.63. The minimum Gasteiger partial charge on any atom is -0.484 e. The molecule has 0 spiro atoms. The van der Waals surface area contributed by atoms with Gasteiger partial charge in [-0.25, -0.2) is 4.98 Å². The maximum Gasteiger partial charge on any atom is 0.266 e. The van der Waals surface area contributed by atoms with Crippen molar-refractivity contribution < 1.29 is 9.53 Å². The number of hydrogen-bond acceptors (Lipinski definition) is 5. The van der Waals surface area contributed by atoms with E-state index in [0.717, 1.165) is 16.8 Å². The van der Waals surface area contributed by atoms with Gasteiger partial charge in [0, 0.05) is 18.1 Å². The second-order valence-electron chi connectivity index (χ2n) is 6.56. The summed E-state index contributed by atoms with van der Waals surface area (Å²) in [4.78, 5) is 21.3. The van der Waals surface area contributed by atoms with Crippen LogP contribution in [0.5, 0.6) is 5.75 Å². The summed E-state index contributed by atoms with van der Waals surface area (Å²) < 4.78 is 6.71. The zero-order valence-corrected chi connectivity index (χ0v) is 18.4. The fourth-order valence-electron chi connectivity index (χ4n) is 2.52. The van der Waals surface area contributed by atoms with E-state index in [1.54, 1.807) is 29.2 Å². The number of rotatable bonds is 7. The summed E-state index contributed by atoms with van der Waals surface area (Å²) in [5.41, 5.74) is 2.08. The summed E-state index contributed by atoms with van der Waals surface area (Å²) >= 11 is 7.41. The second kappa shape index (κ2) is 10.1. The van der Waals surface area contributed by atoms with E-state index in [9.17, 15) is 4.79 Å². The maximum atomic E-state index is 12.9. The molecule has 3 rings (SSSR count). The lowest BCUT2D eigenvalue weighted by molar-refractivity contribution is -0.120. The number of likely N-dealkylation sites (N-methyl/N-ethyl adjacent to an activating group) is 1. The molecule has 0 fully saturated rings. The Labute approximate surface area is 180 Å². The number of aromatic nitrogens is 1. The lowest BCUT2D eigenvalue weighted by atomic mass is 10.2. The predicted octanol–water partition coefficient (Wildman–Crippen LogP) is 4.65. The van der Waals surface area contributed by atoms with Crippen LogP contribution < -0.4 is 9.64 Å². The highest BCUT2D eigenvalue weighted by atomic mass is 35.5. The number of ether oxygens (including phenoxy) is 1. The van der Waals surface area contributed by atoms with Crippen LogP contribution in [0.15, 0.2) is 42.5 Å². The molecule has 2 aromatic carbocycles. The molecule has 0 atom stereocenters. The third-order valence-electron chi connectivity index (χ3n) is 4.01. The minimum atomic E-state index is -0.123. The number of aryl methyl sites for hydroxylation is 1. The number of benzene rings is 2. The highest BCUT2D eigenvalue weighted by molar-refractivity contribution is 7.22. The lowest BCUT2D eigenvalue weighted by Crippen LogP contribution is -2.39. The number of carbonyl (C=O) groups is 1. The molecule has 0 aliphatic carbocycles. The Balaban J connectivity index is 0.00000280. The van der Waals surface area contributed by atoms with Crippen molar-refractivity contribution in [1.29, 1.82) is 0 Å². The van der Waals surface area contributed by atoms with E-state index in [-0.39, 0.29) is 24.9 Å². The number of halogens is 2. The molecular formula is C20H23Cl2N3O2S. The Morgan fingerprint density at radius 2 is 1.86 bits per heavy atom. The fourth-order valence-corrected chi connectivity index (χ4v) is 3.75. The van der Waals surface area contributed by atoms with E-state index in [1.165, 1.54) is 16.9 Å². The van der Waals surface area contributed by atoms with Gasteiger partial charge in [0.2, 0.25) is 0 Å². The Morgan fingerprint density at radius 3 is 2.54 bits per heavy atom. The average molecular weight is 440 g/mol. The largest absolute Gasteiger partial charge is 0.484 e. The average Bonchev–Trinajstić information content (AvgIpc) is 3.03. The summed E-state index contributed by atoms with van der Waals surface area (Å²) in [6.45, 7) is 3.29. The van der Waals surface area contributed by atoms with E-state index in [4.69, 9.17) is 16.3 Å². The van der Waals surface area contributed by atoms with Crippen molar-refractivity contribution in [1.82, 2.24) is 9.88 Å². The predicted molar refractivity (Wildman–Crippen MR) is 119 cm³/mol.